The molecule has 1 nitrogen and oxygen atoms in total. The smallest absolute Gasteiger partial charge is 0.298 e. The number of benzene rings is 2. The molecule has 20 heavy (non-hydrogen) atoms. The lowest BCUT2D eigenvalue weighted by Gasteiger charge is -2.12. The summed E-state index contributed by atoms with van der Waals surface area (Å²) in [5.74, 6) is -0.403. The van der Waals surface area contributed by atoms with Crippen LogP contribution in [0.15, 0.2) is 48.5 Å². The monoisotopic (exact) mass is 276 g/mol. The molecule has 4 heteroatoms. The van der Waals surface area contributed by atoms with Gasteiger partial charge < -0.3 is 0 Å². The highest BCUT2D eigenvalue weighted by molar-refractivity contribution is 5.95. The standard InChI is InChI=1S/C16H11F3O/c17-16(18,19)12-7-5-10(6-8-12)15-13-4-2-1-3-11(13)9-14(15)20/h1-8,15H,9H2. The molecule has 102 valence electrons. The summed E-state index contributed by atoms with van der Waals surface area (Å²) in [5.41, 5.74) is 1.78. The molecule has 1 atom stereocenters. The molecule has 2 aromatic rings. The summed E-state index contributed by atoms with van der Waals surface area (Å²) < 4.78 is 37.6. The molecule has 0 aromatic heterocycles. The topological polar surface area (TPSA) is 17.1 Å². The fourth-order valence-corrected chi connectivity index (χ4v) is 2.67. The Hall–Kier alpha value is -2.10. The molecular formula is C16H11F3O. The van der Waals surface area contributed by atoms with Crippen molar-refractivity contribution >= 4 is 5.78 Å². The summed E-state index contributed by atoms with van der Waals surface area (Å²) in [6, 6.07) is 12.3. The first-order valence-corrected chi connectivity index (χ1v) is 6.24. The Labute approximate surface area is 114 Å². The first-order valence-electron chi connectivity index (χ1n) is 6.24. The van der Waals surface area contributed by atoms with E-state index in [1.54, 1.807) is 0 Å². The zero-order valence-corrected chi connectivity index (χ0v) is 10.4. The number of halogens is 3. The quantitative estimate of drug-likeness (QED) is 0.770. The number of carbonyl (C=O) groups excluding carboxylic acids is 1. The molecule has 0 heterocycles. The van der Waals surface area contributed by atoms with E-state index >= 15 is 0 Å². The number of carbonyl (C=O) groups is 1. The third-order valence-electron chi connectivity index (χ3n) is 3.62. The molecule has 0 saturated carbocycles. The van der Waals surface area contributed by atoms with Gasteiger partial charge in [0, 0.05) is 6.42 Å². The molecule has 0 bridgehead atoms. The predicted octanol–water partition coefficient (Wildman–Crippen LogP) is 3.96. The van der Waals surface area contributed by atoms with Crippen molar-refractivity contribution in [1.82, 2.24) is 0 Å². The van der Waals surface area contributed by atoms with E-state index in [1.807, 2.05) is 24.3 Å². The van der Waals surface area contributed by atoms with Crippen LogP contribution >= 0.6 is 0 Å². The van der Waals surface area contributed by atoms with Crippen molar-refractivity contribution in [3.8, 4) is 0 Å². The number of ketones is 1. The van der Waals surface area contributed by atoms with Gasteiger partial charge in [0.1, 0.15) is 5.78 Å². The van der Waals surface area contributed by atoms with Gasteiger partial charge in [0.25, 0.3) is 0 Å². The average Bonchev–Trinajstić information content (AvgIpc) is 2.73. The van der Waals surface area contributed by atoms with E-state index in [9.17, 15) is 18.0 Å². The van der Waals surface area contributed by atoms with E-state index in [0.29, 0.717) is 12.0 Å². The van der Waals surface area contributed by atoms with E-state index < -0.39 is 17.7 Å². The van der Waals surface area contributed by atoms with Crippen molar-refractivity contribution in [3.05, 3.63) is 70.8 Å². The van der Waals surface area contributed by atoms with Gasteiger partial charge in [-0.3, -0.25) is 4.79 Å². The zero-order valence-electron chi connectivity index (χ0n) is 10.4. The Morgan fingerprint density at radius 3 is 2.25 bits per heavy atom. The minimum Gasteiger partial charge on any atom is -0.298 e. The molecule has 2 aromatic carbocycles. The maximum absolute atomic E-state index is 12.5. The van der Waals surface area contributed by atoms with E-state index in [4.69, 9.17) is 0 Å². The van der Waals surface area contributed by atoms with Crippen molar-refractivity contribution in [2.24, 2.45) is 0 Å². The lowest BCUT2D eigenvalue weighted by molar-refractivity contribution is -0.137. The number of hydrogen-bond acceptors (Lipinski definition) is 1. The van der Waals surface area contributed by atoms with E-state index in [-0.39, 0.29) is 5.78 Å². The minimum absolute atomic E-state index is 0.0333. The minimum atomic E-state index is -4.35. The maximum Gasteiger partial charge on any atom is 0.416 e. The van der Waals surface area contributed by atoms with E-state index in [0.717, 1.165) is 23.3 Å². The predicted molar refractivity (Wildman–Crippen MR) is 68.4 cm³/mol. The van der Waals surface area contributed by atoms with Crippen LogP contribution in [-0.2, 0) is 17.4 Å². The van der Waals surface area contributed by atoms with Gasteiger partial charge in [-0.1, -0.05) is 36.4 Å². The van der Waals surface area contributed by atoms with Gasteiger partial charge in [0.05, 0.1) is 11.5 Å². The highest BCUT2D eigenvalue weighted by Gasteiger charge is 2.33. The third kappa shape index (κ3) is 2.11. The second-order valence-electron chi connectivity index (χ2n) is 4.89. The molecule has 1 aliphatic rings. The van der Waals surface area contributed by atoms with Crippen LogP contribution in [0.5, 0.6) is 0 Å². The lowest BCUT2D eigenvalue weighted by atomic mass is 9.92. The largest absolute Gasteiger partial charge is 0.416 e. The number of rotatable bonds is 1. The van der Waals surface area contributed by atoms with Crippen molar-refractivity contribution in [1.29, 1.82) is 0 Å². The second-order valence-corrected chi connectivity index (χ2v) is 4.89. The Morgan fingerprint density at radius 2 is 1.60 bits per heavy atom. The van der Waals surface area contributed by atoms with Crippen LogP contribution in [0.2, 0.25) is 0 Å². The fourth-order valence-electron chi connectivity index (χ4n) is 2.67. The number of hydrogen-bond donors (Lipinski definition) is 0. The summed E-state index contributed by atoms with van der Waals surface area (Å²) in [5, 5.41) is 0. The SMILES string of the molecule is O=C1Cc2ccccc2C1c1ccc(C(F)(F)F)cc1. The first-order chi connectivity index (χ1) is 9.47. The third-order valence-corrected chi connectivity index (χ3v) is 3.62. The van der Waals surface area contributed by atoms with Crippen LogP contribution in [0, 0.1) is 0 Å². The van der Waals surface area contributed by atoms with Crippen LogP contribution < -0.4 is 0 Å². The highest BCUT2D eigenvalue weighted by atomic mass is 19.4. The van der Waals surface area contributed by atoms with Crippen molar-refractivity contribution in [3.63, 3.8) is 0 Å². The summed E-state index contributed by atoms with van der Waals surface area (Å²) in [4.78, 5) is 12.1. The molecule has 0 radical (unpaired) electrons. The molecular weight excluding hydrogens is 265 g/mol. The molecule has 1 unspecified atom stereocenters. The Morgan fingerprint density at radius 1 is 0.950 bits per heavy atom. The maximum atomic E-state index is 12.5. The number of fused-ring (bicyclic) bond motifs is 1. The summed E-state index contributed by atoms with van der Waals surface area (Å²) in [7, 11) is 0. The molecule has 0 amide bonds. The van der Waals surface area contributed by atoms with E-state index in [2.05, 4.69) is 0 Å². The number of Topliss-reactive ketones (excluding diaryl/α,β-unsaturated/α-hetero) is 1. The van der Waals surface area contributed by atoms with Crippen molar-refractivity contribution < 1.29 is 18.0 Å². The highest BCUT2D eigenvalue weighted by Crippen LogP contribution is 2.37. The fraction of sp³-hybridized carbons (Fsp3) is 0.188. The van der Waals surface area contributed by atoms with Gasteiger partial charge in [0.15, 0.2) is 0 Å². The average molecular weight is 276 g/mol. The lowest BCUT2D eigenvalue weighted by Crippen LogP contribution is -2.09. The van der Waals surface area contributed by atoms with Crippen LogP contribution in [0.4, 0.5) is 13.2 Å². The van der Waals surface area contributed by atoms with Gasteiger partial charge in [-0.25, -0.2) is 0 Å². The zero-order chi connectivity index (χ0) is 14.3. The summed E-state index contributed by atoms with van der Waals surface area (Å²) in [6.45, 7) is 0. The van der Waals surface area contributed by atoms with Gasteiger partial charge in [0.2, 0.25) is 0 Å². The molecule has 3 rings (SSSR count). The van der Waals surface area contributed by atoms with Crippen LogP contribution in [-0.4, -0.2) is 5.78 Å². The number of alkyl halides is 3. The van der Waals surface area contributed by atoms with Crippen LogP contribution in [0.25, 0.3) is 0 Å². The molecule has 0 spiro atoms. The van der Waals surface area contributed by atoms with Crippen molar-refractivity contribution in [2.75, 3.05) is 0 Å². The van der Waals surface area contributed by atoms with Gasteiger partial charge >= 0.3 is 6.18 Å². The van der Waals surface area contributed by atoms with Crippen LogP contribution in [0.3, 0.4) is 0 Å². The normalized spacial score (nSPS) is 18.1. The van der Waals surface area contributed by atoms with Crippen LogP contribution in [0.1, 0.15) is 28.2 Å². The van der Waals surface area contributed by atoms with Crippen molar-refractivity contribution in [2.45, 2.75) is 18.5 Å². The molecule has 0 fully saturated rings. The van der Waals surface area contributed by atoms with E-state index in [1.165, 1.54) is 12.1 Å². The summed E-state index contributed by atoms with van der Waals surface area (Å²) >= 11 is 0. The molecule has 0 saturated heterocycles. The molecule has 0 N–H and O–H groups in total. The Bertz CT molecular complexity index is 656. The van der Waals surface area contributed by atoms with Gasteiger partial charge in [-0.15, -0.1) is 0 Å². The Kier molecular flexibility index (Phi) is 2.89. The summed E-state index contributed by atoms with van der Waals surface area (Å²) in [6.07, 6.45) is -4.00. The van der Waals surface area contributed by atoms with Gasteiger partial charge in [-0.2, -0.15) is 13.2 Å². The molecule has 1 aliphatic carbocycles. The Balaban J connectivity index is 2.00. The molecule has 0 aliphatic heterocycles. The second kappa shape index (κ2) is 4.47. The van der Waals surface area contributed by atoms with Gasteiger partial charge in [-0.05, 0) is 28.8 Å². The first kappa shape index (κ1) is 12.9.